The number of nitrogens with zero attached hydrogens (tertiary/aromatic N) is 2. The number of amides is 2. The van der Waals surface area contributed by atoms with Crippen LogP contribution in [0.2, 0.25) is 0 Å². The summed E-state index contributed by atoms with van der Waals surface area (Å²) in [5.41, 5.74) is 3.01. The van der Waals surface area contributed by atoms with Crippen molar-refractivity contribution in [1.82, 2.24) is 10.3 Å². The molecule has 0 bridgehead atoms. The molecule has 1 N–H and O–H groups in total. The highest BCUT2D eigenvalue weighted by molar-refractivity contribution is 5.97. The predicted molar refractivity (Wildman–Crippen MR) is 94.0 cm³/mol. The van der Waals surface area contributed by atoms with E-state index in [0.717, 1.165) is 23.2 Å². The molecule has 0 spiro atoms. The first kappa shape index (κ1) is 17.1. The molecule has 0 aliphatic carbocycles. The van der Waals surface area contributed by atoms with Gasteiger partial charge in [-0.15, -0.1) is 0 Å². The molecule has 2 amide bonds. The van der Waals surface area contributed by atoms with Crippen molar-refractivity contribution in [1.29, 1.82) is 0 Å². The van der Waals surface area contributed by atoms with E-state index in [1.807, 2.05) is 43.3 Å². The van der Waals surface area contributed by atoms with Crippen LogP contribution in [0.1, 0.15) is 18.1 Å². The summed E-state index contributed by atoms with van der Waals surface area (Å²) < 4.78 is 5.30. The van der Waals surface area contributed by atoms with Gasteiger partial charge in [-0.2, -0.15) is 0 Å². The third kappa shape index (κ3) is 4.22. The molecule has 25 heavy (non-hydrogen) atoms. The van der Waals surface area contributed by atoms with Gasteiger partial charge in [-0.3, -0.25) is 14.6 Å². The minimum Gasteiger partial charge on any atom is -0.362 e. The zero-order valence-corrected chi connectivity index (χ0v) is 14.1. The number of carbonyl (C=O) groups is 2. The molecular formula is C19H21N3O3. The quantitative estimate of drug-likeness (QED) is 0.869. The lowest BCUT2D eigenvalue weighted by atomic mass is 10.1. The molecule has 6 heteroatoms. The van der Waals surface area contributed by atoms with Crippen molar-refractivity contribution in [3.63, 3.8) is 0 Å². The van der Waals surface area contributed by atoms with E-state index in [1.54, 1.807) is 17.3 Å². The molecule has 130 valence electrons. The second-order valence-corrected chi connectivity index (χ2v) is 6.08. The maximum atomic E-state index is 12.4. The highest BCUT2D eigenvalue weighted by atomic mass is 16.5. The number of ether oxygens (including phenoxy) is 1. The summed E-state index contributed by atoms with van der Waals surface area (Å²) in [6.07, 6.45) is 4.21. The van der Waals surface area contributed by atoms with Crippen molar-refractivity contribution in [3.8, 4) is 0 Å². The van der Waals surface area contributed by atoms with Crippen LogP contribution < -0.4 is 10.2 Å². The number of hydrogen-bond donors (Lipinski definition) is 1. The summed E-state index contributed by atoms with van der Waals surface area (Å²) >= 11 is 0. The van der Waals surface area contributed by atoms with Crippen LogP contribution in [-0.2, 0) is 27.3 Å². The summed E-state index contributed by atoms with van der Waals surface area (Å²) in [6, 6.07) is 11.7. The standard InChI is InChI=1S/C19H21N3O3/c1-14-9-16-6-2-3-7-17(16)22(14)19(24)13-25-12-18(23)21-11-15-5-4-8-20-10-15/h2-8,10,14H,9,11-13H2,1H3,(H,21,23)/t14-/m0/s1. The largest absolute Gasteiger partial charge is 0.362 e. The number of hydrogen-bond acceptors (Lipinski definition) is 4. The van der Waals surface area contributed by atoms with E-state index in [9.17, 15) is 9.59 Å². The Bertz CT molecular complexity index is 749. The normalized spacial score (nSPS) is 15.7. The van der Waals surface area contributed by atoms with E-state index in [0.29, 0.717) is 6.54 Å². The van der Waals surface area contributed by atoms with Crippen molar-refractivity contribution in [2.45, 2.75) is 25.9 Å². The van der Waals surface area contributed by atoms with Gasteiger partial charge in [0.15, 0.2) is 0 Å². The first-order valence-corrected chi connectivity index (χ1v) is 8.28. The van der Waals surface area contributed by atoms with Crippen LogP contribution in [0.5, 0.6) is 0 Å². The molecule has 0 radical (unpaired) electrons. The van der Waals surface area contributed by atoms with Crippen molar-refractivity contribution < 1.29 is 14.3 Å². The predicted octanol–water partition coefficient (Wildman–Crippen LogP) is 1.69. The van der Waals surface area contributed by atoms with E-state index in [2.05, 4.69) is 10.3 Å². The Morgan fingerprint density at radius 1 is 1.24 bits per heavy atom. The van der Waals surface area contributed by atoms with Crippen molar-refractivity contribution in [3.05, 3.63) is 59.9 Å². The summed E-state index contributed by atoms with van der Waals surface area (Å²) in [5, 5.41) is 2.74. The van der Waals surface area contributed by atoms with Crippen LogP contribution in [0.3, 0.4) is 0 Å². The first-order chi connectivity index (χ1) is 12.1. The number of rotatable bonds is 6. The maximum Gasteiger partial charge on any atom is 0.253 e. The molecule has 1 aliphatic heterocycles. The molecule has 3 rings (SSSR count). The van der Waals surface area contributed by atoms with Gasteiger partial charge in [0.1, 0.15) is 13.2 Å². The highest BCUT2D eigenvalue weighted by Gasteiger charge is 2.30. The van der Waals surface area contributed by atoms with Gasteiger partial charge in [0, 0.05) is 30.7 Å². The minimum absolute atomic E-state index is 0.105. The fourth-order valence-corrected chi connectivity index (χ4v) is 3.00. The monoisotopic (exact) mass is 339 g/mol. The highest BCUT2D eigenvalue weighted by Crippen LogP contribution is 2.31. The number of pyridine rings is 1. The lowest BCUT2D eigenvalue weighted by Gasteiger charge is -2.22. The second-order valence-electron chi connectivity index (χ2n) is 6.08. The van der Waals surface area contributed by atoms with E-state index >= 15 is 0 Å². The molecule has 2 aromatic rings. The molecule has 1 aromatic heterocycles. The van der Waals surface area contributed by atoms with Crippen LogP contribution >= 0.6 is 0 Å². The smallest absolute Gasteiger partial charge is 0.253 e. The van der Waals surface area contributed by atoms with Gasteiger partial charge in [-0.1, -0.05) is 24.3 Å². The number of nitrogens with one attached hydrogen (secondary N) is 1. The third-order valence-electron chi connectivity index (χ3n) is 4.15. The first-order valence-electron chi connectivity index (χ1n) is 8.28. The zero-order valence-electron chi connectivity index (χ0n) is 14.1. The van der Waals surface area contributed by atoms with Crippen LogP contribution in [0.15, 0.2) is 48.8 Å². The molecule has 1 aromatic carbocycles. The van der Waals surface area contributed by atoms with Crippen LogP contribution in [-0.4, -0.2) is 36.1 Å². The van der Waals surface area contributed by atoms with Crippen LogP contribution in [0.4, 0.5) is 5.69 Å². The molecule has 0 saturated heterocycles. The Hall–Kier alpha value is -2.73. The fourth-order valence-electron chi connectivity index (χ4n) is 3.00. The van der Waals surface area contributed by atoms with Gasteiger partial charge in [-0.25, -0.2) is 0 Å². The molecule has 2 heterocycles. The van der Waals surface area contributed by atoms with Crippen LogP contribution in [0, 0.1) is 0 Å². The van der Waals surface area contributed by atoms with Gasteiger partial charge >= 0.3 is 0 Å². The minimum atomic E-state index is -0.258. The lowest BCUT2D eigenvalue weighted by molar-refractivity contribution is -0.129. The van der Waals surface area contributed by atoms with Gasteiger partial charge < -0.3 is 15.0 Å². The molecule has 6 nitrogen and oxygen atoms in total. The Morgan fingerprint density at radius 2 is 2.08 bits per heavy atom. The van der Waals surface area contributed by atoms with Crippen molar-refractivity contribution in [2.75, 3.05) is 18.1 Å². The van der Waals surface area contributed by atoms with Gasteiger partial charge in [0.05, 0.1) is 0 Å². The number of fused-ring (bicyclic) bond motifs is 1. The van der Waals surface area contributed by atoms with E-state index < -0.39 is 0 Å². The fraction of sp³-hybridized carbons (Fsp3) is 0.316. The Kier molecular flexibility index (Phi) is 5.40. The zero-order chi connectivity index (χ0) is 17.6. The summed E-state index contributed by atoms with van der Waals surface area (Å²) in [7, 11) is 0. The molecular weight excluding hydrogens is 318 g/mol. The maximum absolute atomic E-state index is 12.4. The number of para-hydroxylation sites is 1. The Morgan fingerprint density at radius 3 is 2.88 bits per heavy atom. The summed E-state index contributed by atoms with van der Waals surface area (Å²) in [4.78, 5) is 30.0. The summed E-state index contributed by atoms with van der Waals surface area (Å²) in [5.74, 6) is -0.385. The topological polar surface area (TPSA) is 71.5 Å². The lowest BCUT2D eigenvalue weighted by Crippen LogP contribution is -2.39. The molecule has 0 fully saturated rings. The Balaban J connectivity index is 1.44. The van der Waals surface area contributed by atoms with E-state index in [-0.39, 0.29) is 31.1 Å². The molecule has 1 atom stereocenters. The van der Waals surface area contributed by atoms with Gasteiger partial charge in [-0.05, 0) is 36.6 Å². The number of aromatic nitrogens is 1. The Labute approximate surface area is 146 Å². The van der Waals surface area contributed by atoms with Crippen molar-refractivity contribution >= 4 is 17.5 Å². The van der Waals surface area contributed by atoms with Crippen LogP contribution in [0.25, 0.3) is 0 Å². The number of carbonyl (C=O) groups excluding carboxylic acids is 2. The SMILES string of the molecule is C[C@H]1Cc2ccccc2N1C(=O)COCC(=O)NCc1cccnc1. The molecule has 1 aliphatic rings. The van der Waals surface area contributed by atoms with Gasteiger partial charge in [0.25, 0.3) is 5.91 Å². The molecule has 0 unspecified atom stereocenters. The van der Waals surface area contributed by atoms with E-state index in [4.69, 9.17) is 4.74 Å². The third-order valence-corrected chi connectivity index (χ3v) is 4.15. The van der Waals surface area contributed by atoms with E-state index in [1.165, 1.54) is 0 Å². The average molecular weight is 339 g/mol. The van der Waals surface area contributed by atoms with Gasteiger partial charge in [0.2, 0.25) is 5.91 Å². The van der Waals surface area contributed by atoms with Crippen molar-refractivity contribution in [2.24, 2.45) is 0 Å². The summed E-state index contributed by atoms with van der Waals surface area (Å²) in [6.45, 7) is 2.15. The number of anilines is 1. The number of benzene rings is 1. The average Bonchev–Trinajstić information content (AvgIpc) is 2.96. The molecule has 0 saturated carbocycles. The second kappa shape index (κ2) is 7.90.